The first-order valence-corrected chi connectivity index (χ1v) is 8.11. The molecule has 7 heteroatoms. The van der Waals surface area contributed by atoms with Crippen LogP contribution in [0.25, 0.3) is 6.08 Å². The maximum absolute atomic E-state index is 11.8. The number of halogens is 4. The standard InChI is InChI=1S/C11H10F2O2.C9H8F2O/c12-11(13)15-10-3-1-7(2-4-10)8-5-9(14)6-8;1-2-7-3-5-8(6-4-7)12-9(10)11/h1-4,8,11H,5-6H2;2-6,9H,1H2. The van der Waals surface area contributed by atoms with Crippen LogP contribution in [0.4, 0.5) is 17.6 Å². The fourth-order valence-corrected chi connectivity index (χ4v) is 2.43. The number of Topliss-reactive ketones (excluding diaryl/α,β-unsaturated/α-hetero) is 1. The summed E-state index contributed by atoms with van der Waals surface area (Å²) in [5.74, 6) is 0.834. The van der Waals surface area contributed by atoms with Gasteiger partial charge >= 0.3 is 13.2 Å². The topological polar surface area (TPSA) is 35.5 Å². The lowest BCUT2D eigenvalue weighted by atomic mass is 9.79. The third-order valence-electron chi connectivity index (χ3n) is 3.87. The van der Waals surface area contributed by atoms with Crippen LogP contribution < -0.4 is 9.47 Å². The van der Waals surface area contributed by atoms with Crippen molar-refractivity contribution in [3.8, 4) is 11.5 Å². The number of hydrogen-bond acceptors (Lipinski definition) is 3. The van der Waals surface area contributed by atoms with E-state index in [4.69, 9.17) is 0 Å². The molecular weight excluding hydrogens is 364 g/mol. The maximum Gasteiger partial charge on any atom is 0.387 e. The fourth-order valence-electron chi connectivity index (χ4n) is 2.43. The molecule has 0 bridgehead atoms. The van der Waals surface area contributed by atoms with Crippen molar-refractivity contribution in [3.05, 3.63) is 66.2 Å². The highest BCUT2D eigenvalue weighted by Crippen LogP contribution is 2.34. The summed E-state index contributed by atoms with van der Waals surface area (Å²) in [7, 11) is 0. The summed E-state index contributed by atoms with van der Waals surface area (Å²) in [5.41, 5.74) is 1.88. The minimum absolute atomic E-state index is 0.152. The van der Waals surface area contributed by atoms with Crippen LogP contribution in [-0.4, -0.2) is 19.0 Å². The average molecular weight is 382 g/mol. The summed E-state index contributed by atoms with van der Waals surface area (Å²) in [4.78, 5) is 10.8. The maximum atomic E-state index is 11.8. The molecule has 1 aliphatic carbocycles. The van der Waals surface area contributed by atoms with E-state index in [2.05, 4.69) is 16.1 Å². The second-order valence-corrected chi connectivity index (χ2v) is 5.74. The minimum Gasteiger partial charge on any atom is -0.435 e. The van der Waals surface area contributed by atoms with Crippen molar-refractivity contribution in [3.63, 3.8) is 0 Å². The van der Waals surface area contributed by atoms with E-state index in [9.17, 15) is 22.4 Å². The summed E-state index contributed by atoms with van der Waals surface area (Å²) >= 11 is 0. The smallest absolute Gasteiger partial charge is 0.387 e. The van der Waals surface area contributed by atoms with Crippen molar-refractivity contribution in [1.82, 2.24) is 0 Å². The highest BCUT2D eigenvalue weighted by atomic mass is 19.3. The number of benzene rings is 2. The zero-order valence-electron chi connectivity index (χ0n) is 14.3. The first-order valence-electron chi connectivity index (χ1n) is 8.11. The van der Waals surface area contributed by atoms with Crippen LogP contribution in [0.3, 0.4) is 0 Å². The fraction of sp³-hybridized carbons (Fsp3) is 0.250. The van der Waals surface area contributed by atoms with Gasteiger partial charge in [0.25, 0.3) is 0 Å². The largest absolute Gasteiger partial charge is 0.435 e. The van der Waals surface area contributed by atoms with Gasteiger partial charge in [-0.25, -0.2) is 0 Å². The van der Waals surface area contributed by atoms with Gasteiger partial charge in [-0.2, -0.15) is 17.6 Å². The number of hydrogen-bond donors (Lipinski definition) is 0. The first-order chi connectivity index (χ1) is 12.9. The average Bonchev–Trinajstić information content (AvgIpc) is 2.60. The zero-order valence-corrected chi connectivity index (χ0v) is 14.3. The summed E-state index contributed by atoms with van der Waals surface area (Å²) in [6.45, 7) is -2.02. The van der Waals surface area contributed by atoms with E-state index in [0.717, 1.165) is 11.1 Å². The molecule has 0 aliphatic heterocycles. The van der Waals surface area contributed by atoms with Gasteiger partial charge in [-0.3, -0.25) is 4.79 Å². The molecule has 0 saturated heterocycles. The van der Waals surface area contributed by atoms with Gasteiger partial charge in [-0.15, -0.1) is 0 Å². The van der Waals surface area contributed by atoms with Crippen molar-refractivity contribution in [2.75, 3.05) is 0 Å². The molecule has 27 heavy (non-hydrogen) atoms. The highest BCUT2D eigenvalue weighted by Gasteiger charge is 2.27. The van der Waals surface area contributed by atoms with Crippen LogP contribution in [0, 0.1) is 0 Å². The van der Waals surface area contributed by atoms with Crippen molar-refractivity contribution < 1.29 is 31.8 Å². The third kappa shape index (κ3) is 6.77. The van der Waals surface area contributed by atoms with Crippen LogP contribution in [0.2, 0.25) is 0 Å². The quantitative estimate of drug-likeness (QED) is 0.604. The predicted octanol–water partition coefficient (Wildman–Crippen LogP) is 5.67. The van der Waals surface area contributed by atoms with E-state index >= 15 is 0 Å². The van der Waals surface area contributed by atoms with Crippen LogP contribution in [-0.2, 0) is 4.79 Å². The Morgan fingerprint density at radius 1 is 0.852 bits per heavy atom. The van der Waals surface area contributed by atoms with Crippen molar-refractivity contribution in [2.45, 2.75) is 32.0 Å². The lowest BCUT2D eigenvalue weighted by molar-refractivity contribution is -0.124. The summed E-state index contributed by atoms with van der Waals surface area (Å²) in [5, 5.41) is 0. The molecule has 1 aliphatic rings. The Balaban J connectivity index is 0.000000199. The lowest BCUT2D eigenvalue weighted by Crippen LogP contribution is -2.20. The number of ether oxygens (including phenoxy) is 2. The number of carbonyl (C=O) groups excluding carboxylic acids is 1. The summed E-state index contributed by atoms with van der Waals surface area (Å²) in [6.07, 6.45) is 2.76. The van der Waals surface area contributed by atoms with Gasteiger partial charge in [-0.05, 0) is 41.3 Å². The molecule has 0 N–H and O–H groups in total. The Morgan fingerprint density at radius 3 is 1.67 bits per heavy atom. The van der Waals surface area contributed by atoms with Crippen molar-refractivity contribution >= 4 is 11.9 Å². The summed E-state index contributed by atoms with van der Waals surface area (Å²) < 4.78 is 55.4. The van der Waals surface area contributed by atoms with Crippen LogP contribution in [0.15, 0.2) is 55.1 Å². The molecule has 2 aromatic rings. The molecule has 1 fully saturated rings. The number of ketones is 1. The van der Waals surface area contributed by atoms with E-state index in [0.29, 0.717) is 12.8 Å². The van der Waals surface area contributed by atoms with Gasteiger partial charge < -0.3 is 9.47 Å². The Hall–Kier alpha value is -2.83. The normalized spacial score (nSPS) is 13.6. The van der Waals surface area contributed by atoms with E-state index in [1.54, 1.807) is 30.3 Å². The molecule has 0 aromatic heterocycles. The second-order valence-electron chi connectivity index (χ2n) is 5.74. The van der Waals surface area contributed by atoms with E-state index < -0.39 is 13.2 Å². The molecule has 0 radical (unpaired) electrons. The molecule has 144 valence electrons. The van der Waals surface area contributed by atoms with E-state index in [1.807, 2.05) is 0 Å². The molecule has 0 atom stereocenters. The van der Waals surface area contributed by atoms with Crippen molar-refractivity contribution in [1.29, 1.82) is 0 Å². The molecule has 3 rings (SSSR count). The van der Waals surface area contributed by atoms with Gasteiger partial charge in [-0.1, -0.05) is 36.9 Å². The SMILES string of the molecule is C=Cc1ccc(OC(F)F)cc1.O=C1CC(c2ccc(OC(F)F)cc2)C1. The molecule has 1 saturated carbocycles. The number of alkyl halides is 4. The lowest BCUT2D eigenvalue weighted by Gasteiger charge is -2.24. The number of carbonyl (C=O) groups is 1. The Labute approximate surface area is 154 Å². The summed E-state index contributed by atoms with van der Waals surface area (Å²) in [6, 6.07) is 12.7. The Morgan fingerprint density at radius 2 is 1.30 bits per heavy atom. The van der Waals surface area contributed by atoms with Crippen LogP contribution in [0.5, 0.6) is 11.5 Å². The molecule has 0 heterocycles. The Kier molecular flexibility index (Phi) is 7.40. The van der Waals surface area contributed by atoms with E-state index in [1.165, 1.54) is 24.3 Å². The number of rotatable bonds is 6. The second kappa shape index (κ2) is 9.75. The molecule has 0 unspecified atom stereocenters. The minimum atomic E-state index is -2.79. The third-order valence-corrected chi connectivity index (χ3v) is 3.87. The van der Waals surface area contributed by atoms with Gasteiger partial charge in [0, 0.05) is 12.8 Å². The molecular formula is C20H18F4O3. The van der Waals surface area contributed by atoms with Crippen LogP contribution >= 0.6 is 0 Å². The van der Waals surface area contributed by atoms with Gasteiger partial charge in [0.2, 0.25) is 0 Å². The van der Waals surface area contributed by atoms with Gasteiger partial charge in [0.15, 0.2) is 0 Å². The van der Waals surface area contributed by atoms with Gasteiger partial charge in [0.05, 0.1) is 0 Å². The predicted molar refractivity (Wildman–Crippen MR) is 93.2 cm³/mol. The molecule has 3 nitrogen and oxygen atoms in total. The molecule has 0 spiro atoms. The highest BCUT2D eigenvalue weighted by molar-refractivity contribution is 5.86. The van der Waals surface area contributed by atoms with Crippen molar-refractivity contribution in [2.24, 2.45) is 0 Å². The Bertz CT molecular complexity index is 735. The monoisotopic (exact) mass is 382 g/mol. The van der Waals surface area contributed by atoms with E-state index in [-0.39, 0.29) is 23.2 Å². The molecule has 2 aromatic carbocycles. The zero-order chi connectivity index (χ0) is 19.8. The molecule has 0 amide bonds. The van der Waals surface area contributed by atoms with Gasteiger partial charge in [0.1, 0.15) is 17.3 Å². The van der Waals surface area contributed by atoms with Crippen LogP contribution in [0.1, 0.15) is 29.9 Å². The first kappa shape index (κ1) is 20.5.